The predicted octanol–water partition coefficient (Wildman–Crippen LogP) is 1.43. The van der Waals surface area contributed by atoms with Crippen LogP contribution in [0, 0.1) is 11.6 Å². The number of anilines is 1. The number of amides is 2. The van der Waals surface area contributed by atoms with Gasteiger partial charge in [-0.2, -0.15) is 0 Å². The summed E-state index contributed by atoms with van der Waals surface area (Å²) in [4.78, 5) is 23.5. The van der Waals surface area contributed by atoms with Crippen molar-refractivity contribution in [1.82, 2.24) is 5.32 Å². The number of hydrogen-bond donors (Lipinski definition) is 1. The Labute approximate surface area is 108 Å². The molecule has 1 heterocycles. The van der Waals surface area contributed by atoms with Crippen LogP contribution in [-0.2, 0) is 9.53 Å². The van der Waals surface area contributed by atoms with E-state index in [0.717, 1.165) is 23.1 Å². The summed E-state index contributed by atoms with van der Waals surface area (Å²) in [5.41, 5.74) is 0.0906. The normalized spacial score (nSPS) is 18.4. The van der Waals surface area contributed by atoms with Gasteiger partial charge in [0.2, 0.25) is 5.91 Å². The molecule has 102 valence electrons. The smallest absolute Gasteiger partial charge is 0.414 e. The van der Waals surface area contributed by atoms with Crippen LogP contribution in [0.1, 0.15) is 6.92 Å². The second-order valence-corrected chi connectivity index (χ2v) is 4.18. The van der Waals surface area contributed by atoms with Crippen molar-refractivity contribution in [3.05, 3.63) is 29.8 Å². The van der Waals surface area contributed by atoms with Crippen LogP contribution < -0.4 is 10.2 Å². The lowest BCUT2D eigenvalue weighted by Crippen LogP contribution is -2.33. The lowest BCUT2D eigenvalue weighted by molar-refractivity contribution is -0.119. The van der Waals surface area contributed by atoms with Crippen molar-refractivity contribution in [2.24, 2.45) is 0 Å². The monoisotopic (exact) mass is 270 g/mol. The largest absolute Gasteiger partial charge is 0.442 e. The van der Waals surface area contributed by atoms with Crippen LogP contribution in [0.5, 0.6) is 0 Å². The average molecular weight is 270 g/mol. The van der Waals surface area contributed by atoms with Gasteiger partial charge in [0.25, 0.3) is 0 Å². The molecule has 0 unspecified atom stereocenters. The summed E-state index contributed by atoms with van der Waals surface area (Å²) in [5, 5.41) is 2.51. The quantitative estimate of drug-likeness (QED) is 0.903. The Kier molecular flexibility index (Phi) is 3.64. The van der Waals surface area contributed by atoms with Crippen LogP contribution in [0.25, 0.3) is 0 Å². The van der Waals surface area contributed by atoms with Crippen LogP contribution in [0.3, 0.4) is 0 Å². The number of nitrogens with one attached hydrogen (secondary N) is 1. The van der Waals surface area contributed by atoms with E-state index in [0.29, 0.717) is 0 Å². The van der Waals surface area contributed by atoms with Gasteiger partial charge in [0.15, 0.2) is 0 Å². The molecule has 0 aliphatic carbocycles. The standard InChI is InChI=1S/C12H12F2N2O3/c1-7(17)15-5-11-6-16(12(18)19-11)10-3-8(13)2-9(14)4-10/h2-4,11H,5-6H2,1H3,(H,15,17)/t11-/m1/s1. The summed E-state index contributed by atoms with van der Waals surface area (Å²) < 4.78 is 31.2. The average Bonchev–Trinajstić information content (AvgIpc) is 2.66. The second-order valence-electron chi connectivity index (χ2n) is 4.18. The van der Waals surface area contributed by atoms with E-state index in [1.54, 1.807) is 0 Å². The van der Waals surface area contributed by atoms with Crippen LogP contribution in [0.2, 0.25) is 0 Å². The molecule has 1 aliphatic heterocycles. The van der Waals surface area contributed by atoms with Crippen molar-refractivity contribution >= 4 is 17.7 Å². The van der Waals surface area contributed by atoms with E-state index in [1.807, 2.05) is 0 Å². The zero-order chi connectivity index (χ0) is 14.0. The van der Waals surface area contributed by atoms with E-state index < -0.39 is 23.8 Å². The van der Waals surface area contributed by atoms with Gasteiger partial charge in [-0.05, 0) is 12.1 Å². The van der Waals surface area contributed by atoms with Crippen LogP contribution >= 0.6 is 0 Å². The number of hydrogen-bond acceptors (Lipinski definition) is 3. The minimum atomic E-state index is -0.770. The van der Waals surface area contributed by atoms with Gasteiger partial charge in [-0.3, -0.25) is 9.69 Å². The Morgan fingerprint density at radius 3 is 2.63 bits per heavy atom. The van der Waals surface area contributed by atoms with E-state index in [9.17, 15) is 18.4 Å². The molecule has 0 saturated carbocycles. The first kappa shape index (κ1) is 13.3. The Morgan fingerprint density at radius 2 is 2.05 bits per heavy atom. The fourth-order valence-electron chi connectivity index (χ4n) is 1.79. The second kappa shape index (κ2) is 5.21. The molecule has 1 aliphatic rings. The highest BCUT2D eigenvalue weighted by Gasteiger charge is 2.32. The van der Waals surface area contributed by atoms with Crippen LogP contribution in [0.4, 0.5) is 19.3 Å². The molecule has 0 spiro atoms. The zero-order valence-electron chi connectivity index (χ0n) is 10.2. The number of nitrogens with zero attached hydrogens (tertiary/aromatic N) is 1. The SMILES string of the molecule is CC(=O)NC[C@@H]1CN(c2cc(F)cc(F)c2)C(=O)O1. The highest BCUT2D eigenvalue weighted by molar-refractivity contribution is 5.89. The third-order valence-corrected chi connectivity index (χ3v) is 2.61. The summed E-state index contributed by atoms with van der Waals surface area (Å²) >= 11 is 0. The lowest BCUT2D eigenvalue weighted by atomic mass is 10.2. The molecule has 0 aromatic heterocycles. The summed E-state index contributed by atoms with van der Waals surface area (Å²) in [6, 6.07) is 2.82. The molecule has 1 N–H and O–H groups in total. The lowest BCUT2D eigenvalue weighted by Gasteiger charge is -2.13. The Bertz CT molecular complexity index is 501. The zero-order valence-corrected chi connectivity index (χ0v) is 10.2. The maximum Gasteiger partial charge on any atom is 0.414 e. The molecule has 5 nitrogen and oxygen atoms in total. The number of benzene rings is 1. The Morgan fingerprint density at radius 1 is 1.42 bits per heavy atom. The molecule has 2 amide bonds. The highest BCUT2D eigenvalue weighted by atomic mass is 19.1. The first-order valence-electron chi connectivity index (χ1n) is 5.64. The van der Waals surface area contributed by atoms with Gasteiger partial charge < -0.3 is 10.1 Å². The molecule has 1 saturated heterocycles. The van der Waals surface area contributed by atoms with Crippen molar-refractivity contribution < 1.29 is 23.1 Å². The topological polar surface area (TPSA) is 58.6 Å². The Balaban J connectivity index is 2.09. The van der Waals surface area contributed by atoms with Crippen molar-refractivity contribution in [3.8, 4) is 0 Å². The van der Waals surface area contributed by atoms with Gasteiger partial charge >= 0.3 is 6.09 Å². The fraction of sp³-hybridized carbons (Fsp3) is 0.333. The summed E-state index contributed by atoms with van der Waals surface area (Å²) in [6.07, 6.45) is -1.23. The molecular formula is C12H12F2N2O3. The minimum Gasteiger partial charge on any atom is -0.442 e. The molecule has 1 aromatic rings. The maximum atomic E-state index is 13.1. The minimum absolute atomic E-state index is 0.0906. The van der Waals surface area contributed by atoms with E-state index >= 15 is 0 Å². The fourth-order valence-corrected chi connectivity index (χ4v) is 1.79. The van der Waals surface area contributed by atoms with Gasteiger partial charge in [0, 0.05) is 13.0 Å². The maximum absolute atomic E-state index is 13.1. The molecular weight excluding hydrogens is 258 g/mol. The molecule has 1 aromatic carbocycles. The number of rotatable bonds is 3. The van der Waals surface area contributed by atoms with Crippen LogP contribution in [0.15, 0.2) is 18.2 Å². The molecule has 1 fully saturated rings. The van der Waals surface area contributed by atoms with Gasteiger partial charge in [-0.25, -0.2) is 13.6 Å². The van der Waals surface area contributed by atoms with Gasteiger partial charge in [0.05, 0.1) is 18.8 Å². The van der Waals surface area contributed by atoms with Gasteiger partial charge in [0.1, 0.15) is 17.7 Å². The summed E-state index contributed by atoms with van der Waals surface area (Å²) in [7, 11) is 0. The Hall–Kier alpha value is -2.18. The molecule has 0 bridgehead atoms. The highest BCUT2D eigenvalue weighted by Crippen LogP contribution is 2.23. The van der Waals surface area contributed by atoms with Crippen molar-refractivity contribution in [1.29, 1.82) is 0 Å². The van der Waals surface area contributed by atoms with E-state index in [-0.39, 0.29) is 24.7 Å². The third kappa shape index (κ3) is 3.18. The number of ether oxygens (including phenoxy) is 1. The molecule has 2 rings (SSSR count). The van der Waals surface area contributed by atoms with E-state index in [2.05, 4.69) is 5.32 Å². The molecule has 19 heavy (non-hydrogen) atoms. The number of cyclic esters (lactones) is 1. The van der Waals surface area contributed by atoms with Crippen molar-refractivity contribution in [2.45, 2.75) is 13.0 Å². The number of carbonyl (C=O) groups is 2. The first-order chi connectivity index (χ1) is 8.95. The van der Waals surface area contributed by atoms with E-state index in [1.165, 1.54) is 6.92 Å². The van der Waals surface area contributed by atoms with Crippen molar-refractivity contribution in [3.63, 3.8) is 0 Å². The summed E-state index contributed by atoms with van der Waals surface area (Å²) in [6.45, 7) is 1.63. The van der Waals surface area contributed by atoms with Crippen LogP contribution in [-0.4, -0.2) is 31.2 Å². The van der Waals surface area contributed by atoms with E-state index in [4.69, 9.17) is 4.74 Å². The van der Waals surface area contributed by atoms with Gasteiger partial charge in [-0.1, -0.05) is 0 Å². The summed E-state index contributed by atoms with van der Waals surface area (Å²) in [5.74, 6) is -1.78. The first-order valence-corrected chi connectivity index (χ1v) is 5.64. The molecule has 1 atom stereocenters. The molecule has 7 heteroatoms. The van der Waals surface area contributed by atoms with Gasteiger partial charge in [-0.15, -0.1) is 0 Å². The molecule has 0 radical (unpaired) electrons. The van der Waals surface area contributed by atoms with Crippen molar-refractivity contribution in [2.75, 3.05) is 18.0 Å². The number of halogens is 2. The third-order valence-electron chi connectivity index (χ3n) is 2.61. The predicted molar refractivity (Wildman–Crippen MR) is 62.7 cm³/mol. The number of carbonyl (C=O) groups excluding carboxylic acids is 2.